The monoisotopic (exact) mass is 461 g/mol. The molecule has 0 saturated carbocycles. The number of carbonyl (C=O) groups is 2. The number of nitrogens with zero attached hydrogens (tertiary/aromatic N) is 2. The highest BCUT2D eigenvalue weighted by atomic mass is 35.5. The molecule has 31 heavy (non-hydrogen) atoms. The van der Waals surface area contributed by atoms with Gasteiger partial charge in [0.15, 0.2) is 6.61 Å². The number of rotatable bonds is 8. The Balaban J connectivity index is 1.41. The molecule has 1 atom stereocenters. The molecule has 1 aliphatic heterocycles. The van der Waals surface area contributed by atoms with E-state index in [1.54, 1.807) is 47.5 Å². The van der Waals surface area contributed by atoms with Crippen LogP contribution >= 0.6 is 23.4 Å². The molecule has 0 spiro atoms. The molecule has 1 N–H and O–H groups in total. The Hall–Kier alpha value is -2.55. The van der Waals surface area contributed by atoms with Gasteiger partial charge in [0.2, 0.25) is 0 Å². The van der Waals surface area contributed by atoms with E-state index in [-0.39, 0.29) is 23.7 Å². The van der Waals surface area contributed by atoms with Crippen LogP contribution in [0.4, 0.5) is 0 Å². The first-order valence-electron chi connectivity index (χ1n) is 9.85. The van der Waals surface area contributed by atoms with Crippen LogP contribution in [-0.4, -0.2) is 61.1 Å². The van der Waals surface area contributed by atoms with Crippen LogP contribution in [0.1, 0.15) is 12.5 Å². The second-order valence-electron chi connectivity index (χ2n) is 6.80. The minimum Gasteiger partial charge on any atom is -0.484 e. The Bertz CT molecular complexity index is 900. The summed E-state index contributed by atoms with van der Waals surface area (Å²) in [6.45, 7) is 4.13. The van der Waals surface area contributed by atoms with Crippen molar-refractivity contribution in [2.75, 3.05) is 32.9 Å². The Morgan fingerprint density at radius 1 is 1.19 bits per heavy atom. The molecular formula is C22H24ClN3O4S. The molecule has 2 amide bonds. The van der Waals surface area contributed by atoms with Gasteiger partial charge in [0, 0.05) is 23.0 Å². The summed E-state index contributed by atoms with van der Waals surface area (Å²) in [6.07, 6.45) is 1.56. The Morgan fingerprint density at radius 3 is 2.55 bits per heavy atom. The molecule has 7 nitrogen and oxygen atoms in total. The van der Waals surface area contributed by atoms with Gasteiger partial charge in [0.25, 0.3) is 11.8 Å². The smallest absolute Gasteiger partial charge is 0.260 e. The van der Waals surface area contributed by atoms with Gasteiger partial charge >= 0.3 is 0 Å². The second-order valence-corrected chi connectivity index (χ2v) is 8.65. The van der Waals surface area contributed by atoms with Gasteiger partial charge in [-0.15, -0.1) is 11.8 Å². The summed E-state index contributed by atoms with van der Waals surface area (Å²) < 4.78 is 10.8. The molecule has 3 rings (SSSR count). The summed E-state index contributed by atoms with van der Waals surface area (Å²) in [6, 6.07) is 14.4. The summed E-state index contributed by atoms with van der Waals surface area (Å²) in [7, 11) is 0. The van der Waals surface area contributed by atoms with Crippen molar-refractivity contribution in [2.45, 2.75) is 17.1 Å². The van der Waals surface area contributed by atoms with Crippen LogP contribution in [0.25, 0.3) is 0 Å². The number of benzene rings is 2. The highest BCUT2D eigenvalue weighted by molar-refractivity contribution is 8.00. The standard InChI is InChI=1S/C22H24ClN3O4S/c1-16(31-20-8-4-18(23)5-9-20)22(28)25-24-14-17-2-6-19(7-3-17)30-15-21(27)26-10-12-29-13-11-26/h2-9,14,16H,10-13,15H2,1H3,(H,25,28)/b24-14-/t16-/m1/s1. The van der Waals surface area contributed by atoms with E-state index >= 15 is 0 Å². The van der Waals surface area contributed by atoms with Crippen LogP contribution in [0.5, 0.6) is 5.75 Å². The molecule has 1 saturated heterocycles. The van der Waals surface area contributed by atoms with Crippen LogP contribution in [0, 0.1) is 0 Å². The van der Waals surface area contributed by atoms with Gasteiger partial charge < -0.3 is 14.4 Å². The van der Waals surface area contributed by atoms with Crippen molar-refractivity contribution in [3.63, 3.8) is 0 Å². The lowest BCUT2D eigenvalue weighted by Gasteiger charge is -2.26. The summed E-state index contributed by atoms with van der Waals surface area (Å²) in [4.78, 5) is 27.0. The van der Waals surface area contributed by atoms with Gasteiger partial charge in [0.05, 0.1) is 24.7 Å². The predicted molar refractivity (Wildman–Crippen MR) is 122 cm³/mol. The lowest BCUT2D eigenvalue weighted by Crippen LogP contribution is -2.42. The van der Waals surface area contributed by atoms with Crippen molar-refractivity contribution < 1.29 is 19.1 Å². The number of ether oxygens (including phenoxy) is 2. The first-order valence-corrected chi connectivity index (χ1v) is 11.1. The molecule has 0 unspecified atom stereocenters. The Morgan fingerprint density at radius 2 is 1.87 bits per heavy atom. The number of hydrogen-bond acceptors (Lipinski definition) is 6. The Labute approximate surface area is 190 Å². The minimum atomic E-state index is -0.307. The SMILES string of the molecule is C[C@@H](Sc1ccc(Cl)cc1)C(=O)N/N=C\c1ccc(OCC(=O)N2CCOCC2)cc1. The number of amides is 2. The summed E-state index contributed by atoms with van der Waals surface area (Å²) >= 11 is 7.30. The largest absolute Gasteiger partial charge is 0.484 e. The molecule has 1 aliphatic rings. The Kier molecular flexibility index (Phi) is 8.75. The molecule has 1 heterocycles. The van der Waals surface area contributed by atoms with E-state index in [1.165, 1.54) is 11.8 Å². The van der Waals surface area contributed by atoms with Crippen LogP contribution in [-0.2, 0) is 14.3 Å². The maximum absolute atomic E-state index is 12.2. The molecule has 2 aromatic rings. The fraction of sp³-hybridized carbons (Fsp3) is 0.318. The van der Waals surface area contributed by atoms with E-state index in [4.69, 9.17) is 21.1 Å². The predicted octanol–water partition coefficient (Wildman–Crippen LogP) is 3.21. The molecule has 2 aromatic carbocycles. The molecule has 0 radical (unpaired) electrons. The first kappa shape index (κ1) is 23.1. The molecular weight excluding hydrogens is 438 g/mol. The van der Waals surface area contributed by atoms with E-state index in [9.17, 15) is 9.59 Å². The summed E-state index contributed by atoms with van der Waals surface area (Å²) in [5.74, 6) is 0.343. The molecule has 0 bridgehead atoms. The number of hydrazone groups is 1. The highest BCUT2D eigenvalue weighted by Crippen LogP contribution is 2.24. The van der Waals surface area contributed by atoms with Crippen molar-refractivity contribution in [2.24, 2.45) is 5.10 Å². The minimum absolute atomic E-state index is 0.00727. The van der Waals surface area contributed by atoms with Crippen molar-refractivity contribution in [3.05, 3.63) is 59.1 Å². The molecule has 9 heteroatoms. The lowest BCUT2D eigenvalue weighted by atomic mass is 10.2. The van der Waals surface area contributed by atoms with Gasteiger partial charge in [-0.25, -0.2) is 5.43 Å². The average Bonchev–Trinajstić information content (AvgIpc) is 2.80. The highest BCUT2D eigenvalue weighted by Gasteiger charge is 2.17. The van der Waals surface area contributed by atoms with E-state index in [0.717, 1.165) is 10.5 Å². The first-order chi connectivity index (χ1) is 15.0. The maximum atomic E-state index is 12.2. The van der Waals surface area contributed by atoms with Gasteiger partial charge in [-0.2, -0.15) is 5.10 Å². The van der Waals surface area contributed by atoms with Crippen molar-refractivity contribution in [3.8, 4) is 5.75 Å². The number of halogens is 1. The topological polar surface area (TPSA) is 80.2 Å². The average molecular weight is 462 g/mol. The second kappa shape index (κ2) is 11.7. The van der Waals surface area contributed by atoms with Gasteiger partial charge in [-0.3, -0.25) is 9.59 Å². The molecule has 0 aliphatic carbocycles. The number of morpholine rings is 1. The van der Waals surface area contributed by atoms with Gasteiger partial charge in [0.1, 0.15) is 5.75 Å². The van der Waals surface area contributed by atoms with Crippen LogP contribution in [0.15, 0.2) is 58.5 Å². The normalized spacial score (nSPS) is 15.0. The quantitative estimate of drug-likeness (QED) is 0.371. The van der Waals surface area contributed by atoms with E-state index < -0.39 is 0 Å². The van der Waals surface area contributed by atoms with Crippen LogP contribution in [0.3, 0.4) is 0 Å². The van der Waals surface area contributed by atoms with Gasteiger partial charge in [-0.1, -0.05) is 11.6 Å². The third-order valence-electron chi connectivity index (χ3n) is 4.49. The number of carbonyl (C=O) groups excluding carboxylic acids is 2. The van der Waals surface area contributed by atoms with Gasteiger partial charge in [-0.05, 0) is 61.0 Å². The zero-order valence-corrected chi connectivity index (χ0v) is 18.7. The van der Waals surface area contributed by atoms with E-state index in [2.05, 4.69) is 10.5 Å². The zero-order valence-electron chi connectivity index (χ0n) is 17.1. The third kappa shape index (κ3) is 7.57. The summed E-state index contributed by atoms with van der Waals surface area (Å²) in [5, 5.41) is 4.36. The van der Waals surface area contributed by atoms with Crippen molar-refractivity contribution in [1.29, 1.82) is 0 Å². The van der Waals surface area contributed by atoms with E-state index in [1.807, 2.05) is 19.1 Å². The van der Waals surface area contributed by atoms with Crippen LogP contribution in [0.2, 0.25) is 5.02 Å². The fourth-order valence-electron chi connectivity index (χ4n) is 2.73. The zero-order chi connectivity index (χ0) is 22.1. The third-order valence-corrected chi connectivity index (χ3v) is 5.85. The summed E-state index contributed by atoms with van der Waals surface area (Å²) in [5.41, 5.74) is 3.34. The van der Waals surface area contributed by atoms with E-state index in [0.29, 0.717) is 37.1 Å². The number of thioether (sulfide) groups is 1. The molecule has 164 valence electrons. The van der Waals surface area contributed by atoms with Crippen LogP contribution < -0.4 is 10.2 Å². The van der Waals surface area contributed by atoms with Crippen molar-refractivity contribution in [1.82, 2.24) is 10.3 Å². The lowest BCUT2D eigenvalue weighted by molar-refractivity contribution is -0.137. The molecule has 1 fully saturated rings. The maximum Gasteiger partial charge on any atom is 0.260 e. The van der Waals surface area contributed by atoms with Crippen molar-refractivity contribution >= 4 is 41.4 Å². The fourth-order valence-corrected chi connectivity index (χ4v) is 3.72. The number of nitrogens with one attached hydrogen (secondary N) is 1. The number of hydrogen-bond donors (Lipinski definition) is 1. The molecule has 0 aromatic heterocycles.